The molecular formula is C13H15ClN2O3. The Balaban J connectivity index is 1.82. The van der Waals surface area contributed by atoms with Crippen molar-refractivity contribution in [1.29, 1.82) is 0 Å². The molecule has 1 saturated heterocycles. The maximum absolute atomic E-state index is 11.8. The third kappa shape index (κ3) is 3.92. The molecule has 102 valence electrons. The molecule has 1 fully saturated rings. The Labute approximate surface area is 116 Å². The van der Waals surface area contributed by atoms with Crippen LogP contribution in [0.15, 0.2) is 18.3 Å². The molecule has 0 aliphatic carbocycles. The summed E-state index contributed by atoms with van der Waals surface area (Å²) in [4.78, 5) is 29.0. The van der Waals surface area contributed by atoms with Gasteiger partial charge in [0.15, 0.2) is 6.61 Å². The Morgan fingerprint density at radius 1 is 1.26 bits per heavy atom. The number of halogens is 1. The fraction of sp³-hybridized carbons (Fsp3) is 0.462. The summed E-state index contributed by atoms with van der Waals surface area (Å²) < 4.78 is 4.97. The summed E-state index contributed by atoms with van der Waals surface area (Å²) in [5, 5.41) is 0.306. The summed E-state index contributed by atoms with van der Waals surface area (Å²) in [6.45, 7) is 1.28. The SMILES string of the molecule is O=C(OCC(=O)N1CCCCC1)c1ccc(Cl)nc1. The van der Waals surface area contributed by atoms with Crippen molar-refractivity contribution in [3.05, 3.63) is 29.0 Å². The summed E-state index contributed by atoms with van der Waals surface area (Å²) >= 11 is 5.62. The van der Waals surface area contributed by atoms with Gasteiger partial charge in [-0.25, -0.2) is 9.78 Å². The molecule has 0 saturated carbocycles. The van der Waals surface area contributed by atoms with Gasteiger partial charge in [0.2, 0.25) is 0 Å². The standard InChI is InChI=1S/C13H15ClN2O3/c14-11-5-4-10(8-15-11)13(18)19-9-12(17)16-6-2-1-3-7-16/h4-5,8H,1-3,6-7,9H2. The van der Waals surface area contributed by atoms with E-state index in [0.717, 1.165) is 32.4 Å². The first kappa shape index (κ1) is 13.8. The van der Waals surface area contributed by atoms with Gasteiger partial charge in [-0.3, -0.25) is 4.79 Å². The average molecular weight is 283 g/mol. The summed E-state index contributed by atoms with van der Waals surface area (Å²) in [5.74, 6) is -0.704. The van der Waals surface area contributed by atoms with Crippen LogP contribution in [0.4, 0.5) is 0 Å². The molecule has 1 aliphatic heterocycles. The maximum Gasteiger partial charge on any atom is 0.340 e. The van der Waals surface area contributed by atoms with E-state index >= 15 is 0 Å². The van der Waals surface area contributed by atoms with E-state index in [1.165, 1.54) is 18.3 Å². The maximum atomic E-state index is 11.8. The molecule has 0 unspecified atom stereocenters. The summed E-state index contributed by atoms with van der Waals surface area (Å²) in [6.07, 6.45) is 4.51. The molecule has 6 heteroatoms. The number of amides is 1. The second-order valence-corrected chi connectivity index (χ2v) is 4.77. The van der Waals surface area contributed by atoms with Gasteiger partial charge in [-0.15, -0.1) is 0 Å². The zero-order valence-corrected chi connectivity index (χ0v) is 11.2. The van der Waals surface area contributed by atoms with Gasteiger partial charge in [0, 0.05) is 19.3 Å². The highest BCUT2D eigenvalue weighted by molar-refractivity contribution is 6.29. The Morgan fingerprint density at radius 3 is 2.63 bits per heavy atom. The number of rotatable bonds is 3. The van der Waals surface area contributed by atoms with Gasteiger partial charge in [0.25, 0.3) is 5.91 Å². The Morgan fingerprint density at radius 2 is 2.00 bits per heavy atom. The topological polar surface area (TPSA) is 59.5 Å². The molecule has 2 rings (SSSR count). The highest BCUT2D eigenvalue weighted by Gasteiger charge is 2.18. The number of aromatic nitrogens is 1. The first-order valence-corrected chi connectivity index (χ1v) is 6.61. The lowest BCUT2D eigenvalue weighted by Gasteiger charge is -2.26. The van der Waals surface area contributed by atoms with E-state index in [1.807, 2.05) is 0 Å². The highest BCUT2D eigenvalue weighted by atomic mass is 35.5. The van der Waals surface area contributed by atoms with Crippen molar-refractivity contribution in [2.24, 2.45) is 0 Å². The van der Waals surface area contributed by atoms with Crippen molar-refractivity contribution in [1.82, 2.24) is 9.88 Å². The number of piperidine rings is 1. The number of hydrogen-bond donors (Lipinski definition) is 0. The van der Waals surface area contributed by atoms with Crippen LogP contribution < -0.4 is 0 Å². The first-order valence-electron chi connectivity index (χ1n) is 6.23. The van der Waals surface area contributed by atoms with Gasteiger partial charge >= 0.3 is 5.97 Å². The third-order valence-electron chi connectivity index (χ3n) is 3.00. The van der Waals surface area contributed by atoms with E-state index < -0.39 is 5.97 Å². The monoisotopic (exact) mass is 282 g/mol. The molecule has 0 aromatic carbocycles. The molecule has 1 aromatic heterocycles. The molecule has 0 atom stereocenters. The van der Waals surface area contributed by atoms with Gasteiger partial charge in [-0.05, 0) is 31.4 Å². The lowest BCUT2D eigenvalue weighted by Crippen LogP contribution is -2.38. The van der Waals surface area contributed by atoms with Crippen LogP contribution >= 0.6 is 11.6 Å². The zero-order chi connectivity index (χ0) is 13.7. The third-order valence-corrected chi connectivity index (χ3v) is 3.22. The van der Waals surface area contributed by atoms with Crippen molar-refractivity contribution in [2.45, 2.75) is 19.3 Å². The van der Waals surface area contributed by atoms with Gasteiger partial charge in [-0.2, -0.15) is 0 Å². The van der Waals surface area contributed by atoms with E-state index in [2.05, 4.69) is 4.98 Å². The van der Waals surface area contributed by atoms with E-state index in [-0.39, 0.29) is 18.1 Å². The quantitative estimate of drug-likeness (QED) is 0.628. The second-order valence-electron chi connectivity index (χ2n) is 4.39. The largest absolute Gasteiger partial charge is 0.452 e. The number of esters is 1. The lowest BCUT2D eigenvalue weighted by molar-refractivity contribution is -0.135. The molecule has 0 spiro atoms. The molecular weight excluding hydrogens is 268 g/mol. The first-order chi connectivity index (χ1) is 9.16. The van der Waals surface area contributed by atoms with Crippen molar-refractivity contribution in [3.63, 3.8) is 0 Å². The number of pyridine rings is 1. The van der Waals surface area contributed by atoms with Crippen LogP contribution in [0.3, 0.4) is 0 Å². The van der Waals surface area contributed by atoms with Crippen LogP contribution in [0.25, 0.3) is 0 Å². The summed E-state index contributed by atoms with van der Waals surface area (Å²) in [7, 11) is 0. The smallest absolute Gasteiger partial charge is 0.340 e. The van der Waals surface area contributed by atoms with E-state index in [0.29, 0.717) is 5.15 Å². The van der Waals surface area contributed by atoms with Crippen molar-refractivity contribution < 1.29 is 14.3 Å². The lowest BCUT2D eigenvalue weighted by atomic mass is 10.1. The van der Waals surface area contributed by atoms with Crippen LogP contribution in [0.5, 0.6) is 0 Å². The molecule has 5 nitrogen and oxygen atoms in total. The number of hydrogen-bond acceptors (Lipinski definition) is 4. The number of carbonyl (C=O) groups excluding carboxylic acids is 2. The molecule has 0 radical (unpaired) electrons. The van der Waals surface area contributed by atoms with E-state index in [9.17, 15) is 9.59 Å². The van der Waals surface area contributed by atoms with Gasteiger partial charge in [-0.1, -0.05) is 11.6 Å². The van der Waals surface area contributed by atoms with Gasteiger partial charge in [0.1, 0.15) is 5.15 Å². The molecule has 1 amide bonds. The minimum absolute atomic E-state index is 0.144. The molecule has 0 N–H and O–H groups in total. The van der Waals surface area contributed by atoms with Crippen LogP contribution in [-0.2, 0) is 9.53 Å². The van der Waals surface area contributed by atoms with Crippen LogP contribution in [-0.4, -0.2) is 41.5 Å². The van der Waals surface area contributed by atoms with Crippen molar-refractivity contribution in [2.75, 3.05) is 19.7 Å². The van der Waals surface area contributed by atoms with Crippen LogP contribution in [0.2, 0.25) is 5.15 Å². The highest BCUT2D eigenvalue weighted by Crippen LogP contribution is 2.10. The van der Waals surface area contributed by atoms with E-state index in [4.69, 9.17) is 16.3 Å². The second kappa shape index (κ2) is 6.52. The molecule has 1 aromatic rings. The minimum Gasteiger partial charge on any atom is -0.452 e. The number of carbonyl (C=O) groups is 2. The summed E-state index contributed by atoms with van der Waals surface area (Å²) in [5.41, 5.74) is 0.288. The van der Waals surface area contributed by atoms with Crippen LogP contribution in [0, 0.1) is 0 Å². The van der Waals surface area contributed by atoms with Crippen molar-refractivity contribution in [3.8, 4) is 0 Å². The molecule has 2 heterocycles. The fourth-order valence-corrected chi connectivity index (χ4v) is 2.05. The minimum atomic E-state index is -0.561. The Hall–Kier alpha value is -1.62. The molecule has 1 aliphatic rings. The predicted octanol–water partition coefficient (Wildman–Crippen LogP) is 1.90. The van der Waals surface area contributed by atoms with E-state index in [1.54, 1.807) is 4.90 Å². The summed E-state index contributed by atoms with van der Waals surface area (Å²) in [6, 6.07) is 3.02. The number of nitrogens with zero attached hydrogens (tertiary/aromatic N) is 2. The number of likely N-dealkylation sites (tertiary alicyclic amines) is 1. The Bertz CT molecular complexity index is 455. The van der Waals surface area contributed by atoms with Gasteiger partial charge < -0.3 is 9.64 Å². The normalized spacial score (nSPS) is 15.1. The van der Waals surface area contributed by atoms with Crippen molar-refractivity contribution >= 4 is 23.5 Å². The molecule has 0 bridgehead atoms. The molecule has 19 heavy (non-hydrogen) atoms. The fourth-order valence-electron chi connectivity index (χ4n) is 1.94. The predicted molar refractivity (Wildman–Crippen MR) is 70.0 cm³/mol. The van der Waals surface area contributed by atoms with Gasteiger partial charge in [0.05, 0.1) is 5.56 Å². The average Bonchev–Trinajstić information content (AvgIpc) is 2.46. The van der Waals surface area contributed by atoms with Crippen LogP contribution in [0.1, 0.15) is 29.6 Å². The zero-order valence-electron chi connectivity index (χ0n) is 10.5. The number of ether oxygens (including phenoxy) is 1. The Kier molecular flexibility index (Phi) is 4.74.